The zero-order valence-electron chi connectivity index (χ0n) is 11.8. The Balaban J connectivity index is 2.25. The van der Waals surface area contributed by atoms with Crippen LogP contribution in [0.15, 0.2) is 24.3 Å². The number of aliphatic hydroxyl groups excluding tert-OH is 1. The van der Waals surface area contributed by atoms with Crippen LogP contribution >= 0.6 is 0 Å². The number of imidazole rings is 1. The number of nitrogens with one attached hydrogen (secondary N) is 1. The molecule has 1 atom stereocenters. The summed E-state index contributed by atoms with van der Waals surface area (Å²) in [6.07, 6.45) is 3.00. The van der Waals surface area contributed by atoms with Gasteiger partial charge in [-0.3, -0.25) is 0 Å². The number of aromatic nitrogens is 2. The van der Waals surface area contributed by atoms with Gasteiger partial charge in [0.15, 0.2) is 0 Å². The minimum absolute atomic E-state index is 0.149. The molecule has 4 nitrogen and oxygen atoms in total. The molecule has 0 aliphatic carbocycles. The summed E-state index contributed by atoms with van der Waals surface area (Å²) in [5.41, 5.74) is 2.26. The average Bonchev–Trinajstić information content (AvgIpc) is 2.78. The molecule has 2 aromatic rings. The van der Waals surface area contributed by atoms with Crippen molar-refractivity contribution in [3.63, 3.8) is 0 Å². The zero-order valence-corrected chi connectivity index (χ0v) is 11.8. The van der Waals surface area contributed by atoms with E-state index >= 15 is 0 Å². The van der Waals surface area contributed by atoms with E-state index in [0.717, 1.165) is 37.1 Å². The van der Waals surface area contributed by atoms with Crippen LogP contribution in [0.25, 0.3) is 11.0 Å². The number of fused-ring (bicyclic) bond motifs is 1. The highest BCUT2D eigenvalue weighted by Gasteiger charge is 2.11. The highest BCUT2D eigenvalue weighted by molar-refractivity contribution is 5.75. The molecule has 1 aromatic carbocycles. The summed E-state index contributed by atoms with van der Waals surface area (Å²) in [5, 5.41) is 12.4. The van der Waals surface area contributed by atoms with Crippen molar-refractivity contribution < 1.29 is 5.11 Å². The predicted octanol–water partition coefficient (Wildman–Crippen LogP) is 1.96. The maximum Gasteiger partial charge on any atom is 0.109 e. The molecule has 0 saturated carbocycles. The van der Waals surface area contributed by atoms with Gasteiger partial charge in [-0.15, -0.1) is 0 Å². The van der Waals surface area contributed by atoms with Gasteiger partial charge in [-0.2, -0.15) is 0 Å². The Hall–Kier alpha value is -1.39. The van der Waals surface area contributed by atoms with Crippen LogP contribution in [0.5, 0.6) is 0 Å². The molecule has 0 amide bonds. The molecule has 1 unspecified atom stereocenters. The van der Waals surface area contributed by atoms with E-state index < -0.39 is 0 Å². The minimum Gasteiger partial charge on any atom is -0.395 e. The second-order valence-electron chi connectivity index (χ2n) is 4.88. The normalized spacial score (nSPS) is 13.0. The molecule has 2 N–H and O–H groups in total. The molecule has 4 heteroatoms. The molecule has 19 heavy (non-hydrogen) atoms. The van der Waals surface area contributed by atoms with E-state index in [0.29, 0.717) is 0 Å². The Morgan fingerprint density at radius 3 is 2.84 bits per heavy atom. The van der Waals surface area contributed by atoms with E-state index in [9.17, 15) is 5.11 Å². The SMILES string of the molecule is CCCc1nc2ccccc2n1CCC(CO)NC. The first kappa shape index (κ1) is 14.0. The number of nitrogens with zero attached hydrogens (tertiary/aromatic N) is 2. The van der Waals surface area contributed by atoms with Gasteiger partial charge in [-0.05, 0) is 32.0 Å². The standard InChI is InChI=1S/C15H23N3O/c1-3-6-15-17-13-7-4-5-8-14(13)18(15)10-9-12(11-19)16-2/h4-5,7-8,12,16,19H,3,6,9-11H2,1-2H3. The molecule has 1 heterocycles. The number of benzene rings is 1. The van der Waals surface area contributed by atoms with Crippen molar-refractivity contribution in [3.8, 4) is 0 Å². The second-order valence-corrected chi connectivity index (χ2v) is 4.88. The topological polar surface area (TPSA) is 50.1 Å². The Labute approximate surface area is 114 Å². The van der Waals surface area contributed by atoms with Gasteiger partial charge in [0.1, 0.15) is 5.82 Å². The molecule has 1 aromatic heterocycles. The summed E-state index contributed by atoms with van der Waals surface area (Å²) in [4.78, 5) is 4.71. The van der Waals surface area contributed by atoms with Crippen molar-refractivity contribution in [2.75, 3.05) is 13.7 Å². The third kappa shape index (κ3) is 3.14. The molecule has 2 rings (SSSR count). The average molecular weight is 261 g/mol. The lowest BCUT2D eigenvalue weighted by molar-refractivity contribution is 0.238. The van der Waals surface area contributed by atoms with Gasteiger partial charge < -0.3 is 15.0 Å². The molecular weight excluding hydrogens is 238 g/mol. The van der Waals surface area contributed by atoms with Crippen molar-refractivity contribution in [3.05, 3.63) is 30.1 Å². The first-order valence-electron chi connectivity index (χ1n) is 7.02. The van der Waals surface area contributed by atoms with E-state index in [1.54, 1.807) is 0 Å². The van der Waals surface area contributed by atoms with Crippen molar-refractivity contribution in [1.29, 1.82) is 0 Å². The fraction of sp³-hybridized carbons (Fsp3) is 0.533. The van der Waals surface area contributed by atoms with Crippen molar-refractivity contribution >= 4 is 11.0 Å². The van der Waals surface area contributed by atoms with E-state index in [1.807, 2.05) is 13.1 Å². The first-order chi connectivity index (χ1) is 9.30. The van der Waals surface area contributed by atoms with Crippen LogP contribution in [0.2, 0.25) is 0 Å². The molecule has 0 aliphatic heterocycles. The Morgan fingerprint density at radius 1 is 1.37 bits per heavy atom. The Bertz CT molecular complexity index is 517. The van der Waals surface area contributed by atoms with E-state index in [2.05, 4.69) is 35.0 Å². The Morgan fingerprint density at radius 2 is 2.16 bits per heavy atom. The Kier molecular flexibility index (Phi) is 4.93. The third-order valence-corrected chi connectivity index (χ3v) is 3.54. The second kappa shape index (κ2) is 6.68. The summed E-state index contributed by atoms with van der Waals surface area (Å²) < 4.78 is 2.29. The number of para-hydroxylation sites is 2. The number of rotatable bonds is 7. The van der Waals surface area contributed by atoms with Gasteiger partial charge in [-0.25, -0.2) is 4.98 Å². The summed E-state index contributed by atoms with van der Waals surface area (Å²) in [7, 11) is 1.89. The number of hydrogen-bond acceptors (Lipinski definition) is 3. The number of hydrogen-bond donors (Lipinski definition) is 2. The van der Waals surface area contributed by atoms with Crippen LogP contribution in [0.3, 0.4) is 0 Å². The van der Waals surface area contributed by atoms with Crippen LogP contribution in [0.4, 0.5) is 0 Å². The monoisotopic (exact) mass is 261 g/mol. The lowest BCUT2D eigenvalue weighted by atomic mass is 10.2. The third-order valence-electron chi connectivity index (χ3n) is 3.54. The highest BCUT2D eigenvalue weighted by atomic mass is 16.3. The molecule has 0 aliphatic rings. The number of aliphatic hydroxyl groups is 1. The summed E-state index contributed by atoms with van der Waals surface area (Å²) >= 11 is 0. The van der Waals surface area contributed by atoms with Crippen molar-refractivity contribution in [2.24, 2.45) is 0 Å². The first-order valence-corrected chi connectivity index (χ1v) is 7.02. The van der Waals surface area contributed by atoms with E-state index in [4.69, 9.17) is 4.98 Å². The largest absolute Gasteiger partial charge is 0.395 e. The van der Waals surface area contributed by atoms with Crippen LogP contribution in [-0.4, -0.2) is 34.4 Å². The summed E-state index contributed by atoms with van der Waals surface area (Å²) in [5.74, 6) is 1.15. The fourth-order valence-electron chi connectivity index (χ4n) is 2.40. The lowest BCUT2D eigenvalue weighted by Crippen LogP contribution is -2.30. The molecule has 0 saturated heterocycles. The van der Waals surface area contributed by atoms with Crippen molar-refractivity contribution in [2.45, 2.75) is 38.8 Å². The predicted molar refractivity (Wildman–Crippen MR) is 78.3 cm³/mol. The van der Waals surface area contributed by atoms with Gasteiger partial charge in [-0.1, -0.05) is 19.1 Å². The van der Waals surface area contributed by atoms with Gasteiger partial charge in [0.2, 0.25) is 0 Å². The fourth-order valence-corrected chi connectivity index (χ4v) is 2.40. The van der Waals surface area contributed by atoms with E-state index in [-0.39, 0.29) is 12.6 Å². The van der Waals surface area contributed by atoms with Gasteiger partial charge in [0.05, 0.1) is 17.6 Å². The minimum atomic E-state index is 0.149. The summed E-state index contributed by atoms with van der Waals surface area (Å²) in [6, 6.07) is 8.41. The molecule has 0 fully saturated rings. The number of likely N-dealkylation sites (N-methyl/N-ethyl adjacent to an activating group) is 1. The zero-order chi connectivity index (χ0) is 13.7. The maximum absolute atomic E-state index is 9.25. The molecule has 104 valence electrons. The lowest BCUT2D eigenvalue weighted by Gasteiger charge is -2.15. The highest BCUT2D eigenvalue weighted by Crippen LogP contribution is 2.18. The van der Waals surface area contributed by atoms with Gasteiger partial charge >= 0.3 is 0 Å². The van der Waals surface area contributed by atoms with Gasteiger partial charge in [0, 0.05) is 19.0 Å². The molecule has 0 spiro atoms. The van der Waals surface area contributed by atoms with Gasteiger partial charge in [0.25, 0.3) is 0 Å². The molecule has 0 bridgehead atoms. The van der Waals surface area contributed by atoms with Crippen LogP contribution in [0.1, 0.15) is 25.6 Å². The molecule has 0 radical (unpaired) electrons. The van der Waals surface area contributed by atoms with Crippen LogP contribution < -0.4 is 5.32 Å². The van der Waals surface area contributed by atoms with E-state index in [1.165, 1.54) is 5.52 Å². The summed E-state index contributed by atoms with van der Waals surface area (Å²) in [6.45, 7) is 3.24. The quantitative estimate of drug-likeness (QED) is 0.801. The van der Waals surface area contributed by atoms with Crippen LogP contribution in [0, 0.1) is 0 Å². The smallest absolute Gasteiger partial charge is 0.109 e. The van der Waals surface area contributed by atoms with Crippen LogP contribution in [-0.2, 0) is 13.0 Å². The molecular formula is C15H23N3O. The number of aryl methyl sites for hydroxylation is 2. The maximum atomic E-state index is 9.25. The van der Waals surface area contributed by atoms with Crippen molar-refractivity contribution in [1.82, 2.24) is 14.9 Å².